The smallest absolute Gasteiger partial charge is 0.239 e. The number of carbonyl (C=O) groups excluding carboxylic acids is 2. The van der Waals surface area contributed by atoms with E-state index in [1.165, 1.54) is 11.8 Å². The Hall–Kier alpha value is -3.02. The first-order chi connectivity index (χ1) is 13.0. The van der Waals surface area contributed by atoms with Gasteiger partial charge in [0, 0.05) is 20.0 Å². The molecule has 144 valence electrons. The van der Waals surface area contributed by atoms with E-state index in [4.69, 9.17) is 9.47 Å². The van der Waals surface area contributed by atoms with Gasteiger partial charge in [0.15, 0.2) is 0 Å². The Morgan fingerprint density at radius 2 is 1.70 bits per heavy atom. The van der Waals surface area contributed by atoms with Crippen LogP contribution in [0.4, 0.5) is 0 Å². The molecular weight excluding hydrogens is 344 g/mol. The van der Waals surface area contributed by atoms with Gasteiger partial charge in [0.1, 0.15) is 11.5 Å². The molecule has 0 unspecified atom stereocenters. The van der Waals surface area contributed by atoms with Gasteiger partial charge in [-0.3, -0.25) is 9.59 Å². The summed E-state index contributed by atoms with van der Waals surface area (Å²) >= 11 is 0. The Morgan fingerprint density at radius 1 is 1.00 bits per heavy atom. The van der Waals surface area contributed by atoms with Crippen molar-refractivity contribution < 1.29 is 19.1 Å². The zero-order chi connectivity index (χ0) is 19.6. The molecule has 0 fully saturated rings. The molecule has 0 heterocycles. The third-order valence-corrected chi connectivity index (χ3v) is 4.22. The Balaban J connectivity index is 1.86. The van der Waals surface area contributed by atoms with Crippen LogP contribution in [0.15, 0.2) is 48.5 Å². The molecule has 6 heteroatoms. The highest BCUT2D eigenvalue weighted by Gasteiger charge is 2.14. The number of ether oxygens (including phenoxy) is 2. The second kappa shape index (κ2) is 10.2. The van der Waals surface area contributed by atoms with Crippen LogP contribution in [0.1, 0.15) is 18.1 Å². The number of nitrogens with zero attached hydrogens (tertiary/aromatic N) is 1. The van der Waals surface area contributed by atoms with Crippen molar-refractivity contribution in [3.63, 3.8) is 0 Å². The fraction of sp³-hybridized carbons (Fsp3) is 0.333. The summed E-state index contributed by atoms with van der Waals surface area (Å²) in [5.41, 5.74) is 1.97. The fourth-order valence-corrected chi connectivity index (χ4v) is 2.71. The third kappa shape index (κ3) is 6.33. The number of methoxy groups -OCH3 is 2. The molecule has 27 heavy (non-hydrogen) atoms. The Labute approximate surface area is 160 Å². The van der Waals surface area contributed by atoms with Gasteiger partial charge in [-0.1, -0.05) is 30.3 Å². The van der Waals surface area contributed by atoms with Gasteiger partial charge in [0.05, 0.1) is 20.8 Å². The third-order valence-electron chi connectivity index (χ3n) is 4.22. The maximum absolute atomic E-state index is 12.2. The maximum atomic E-state index is 12.2. The molecule has 0 spiro atoms. The van der Waals surface area contributed by atoms with Crippen LogP contribution in [0.5, 0.6) is 11.5 Å². The molecule has 0 bridgehead atoms. The first kappa shape index (κ1) is 20.3. The first-order valence-electron chi connectivity index (χ1n) is 8.80. The zero-order valence-corrected chi connectivity index (χ0v) is 16.0. The first-order valence-corrected chi connectivity index (χ1v) is 8.80. The van der Waals surface area contributed by atoms with E-state index in [1.54, 1.807) is 14.2 Å². The van der Waals surface area contributed by atoms with E-state index in [0.29, 0.717) is 19.5 Å². The summed E-state index contributed by atoms with van der Waals surface area (Å²) in [6.07, 6.45) is 0.661. The van der Waals surface area contributed by atoms with Crippen LogP contribution in [-0.2, 0) is 22.6 Å². The number of para-hydroxylation sites is 1. The van der Waals surface area contributed by atoms with Gasteiger partial charge in [-0.15, -0.1) is 0 Å². The van der Waals surface area contributed by atoms with E-state index >= 15 is 0 Å². The minimum Gasteiger partial charge on any atom is -0.497 e. The molecule has 2 aromatic carbocycles. The summed E-state index contributed by atoms with van der Waals surface area (Å²) in [6.45, 7) is 2.34. The second-order valence-electron chi connectivity index (χ2n) is 6.13. The molecule has 0 saturated carbocycles. The lowest BCUT2D eigenvalue weighted by Gasteiger charge is -2.21. The molecule has 0 saturated heterocycles. The van der Waals surface area contributed by atoms with Crippen LogP contribution in [0.3, 0.4) is 0 Å². The van der Waals surface area contributed by atoms with Crippen LogP contribution >= 0.6 is 0 Å². The molecule has 0 aromatic heterocycles. The summed E-state index contributed by atoms with van der Waals surface area (Å²) in [5.74, 6) is 1.22. The van der Waals surface area contributed by atoms with Crippen LogP contribution in [0, 0.1) is 0 Å². The topological polar surface area (TPSA) is 67.9 Å². The molecular formula is C21H26N2O4. The fourth-order valence-electron chi connectivity index (χ4n) is 2.71. The Kier molecular flexibility index (Phi) is 7.67. The van der Waals surface area contributed by atoms with Gasteiger partial charge in [0.2, 0.25) is 11.8 Å². The molecule has 0 aliphatic carbocycles. The summed E-state index contributed by atoms with van der Waals surface area (Å²) < 4.78 is 10.4. The summed E-state index contributed by atoms with van der Waals surface area (Å²) in [7, 11) is 3.23. The van der Waals surface area contributed by atoms with Gasteiger partial charge in [0.25, 0.3) is 0 Å². The van der Waals surface area contributed by atoms with E-state index in [-0.39, 0.29) is 18.4 Å². The average molecular weight is 370 g/mol. The maximum Gasteiger partial charge on any atom is 0.239 e. The van der Waals surface area contributed by atoms with Gasteiger partial charge < -0.3 is 19.7 Å². The van der Waals surface area contributed by atoms with Crippen LogP contribution in [0.25, 0.3) is 0 Å². The standard InChI is InChI=1S/C21H26N2O4/c1-16(24)23(14-17-8-10-19(26-2)11-9-17)15-21(25)22-13-12-18-6-4-5-7-20(18)27-3/h4-11H,12-15H2,1-3H3,(H,22,25). The number of amides is 2. The lowest BCUT2D eigenvalue weighted by Crippen LogP contribution is -2.39. The molecule has 0 aliphatic rings. The molecule has 2 rings (SSSR count). The van der Waals surface area contributed by atoms with Crippen molar-refractivity contribution in [1.82, 2.24) is 10.2 Å². The molecule has 0 aliphatic heterocycles. The lowest BCUT2D eigenvalue weighted by atomic mass is 10.1. The summed E-state index contributed by atoms with van der Waals surface area (Å²) in [4.78, 5) is 25.6. The molecule has 0 radical (unpaired) electrons. The number of hydrogen-bond acceptors (Lipinski definition) is 4. The minimum absolute atomic E-state index is 0.0211. The zero-order valence-electron chi connectivity index (χ0n) is 16.0. The highest BCUT2D eigenvalue weighted by Crippen LogP contribution is 2.17. The lowest BCUT2D eigenvalue weighted by molar-refractivity contribution is -0.134. The SMILES string of the molecule is COc1ccc(CN(CC(=O)NCCc2ccccc2OC)C(C)=O)cc1. The monoisotopic (exact) mass is 370 g/mol. The number of rotatable bonds is 9. The van der Waals surface area contributed by atoms with Gasteiger partial charge in [-0.2, -0.15) is 0 Å². The van der Waals surface area contributed by atoms with Crippen molar-refractivity contribution >= 4 is 11.8 Å². The van der Waals surface area contributed by atoms with E-state index in [9.17, 15) is 9.59 Å². The molecule has 0 atom stereocenters. The number of nitrogens with one attached hydrogen (secondary N) is 1. The van der Waals surface area contributed by atoms with Crippen LogP contribution < -0.4 is 14.8 Å². The quantitative estimate of drug-likeness (QED) is 0.736. The van der Waals surface area contributed by atoms with Gasteiger partial charge in [-0.25, -0.2) is 0 Å². The normalized spacial score (nSPS) is 10.2. The van der Waals surface area contributed by atoms with Gasteiger partial charge in [-0.05, 0) is 35.7 Å². The van der Waals surface area contributed by atoms with Crippen molar-refractivity contribution in [2.24, 2.45) is 0 Å². The Bertz CT molecular complexity index is 759. The number of carbonyl (C=O) groups is 2. The highest BCUT2D eigenvalue weighted by atomic mass is 16.5. The second-order valence-corrected chi connectivity index (χ2v) is 6.13. The largest absolute Gasteiger partial charge is 0.497 e. The number of hydrogen-bond donors (Lipinski definition) is 1. The van der Waals surface area contributed by atoms with Crippen molar-refractivity contribution in [3.05, 3.63) is 59.7 Å². The van der Waals surface area contributed by atoms with Crippen molar-refractivity contribution in [2.45, 2.75) is 19.9 Å². The predicted octanol–water partition coefficient (Wildman–Crippen LogP) is 2.41. The molecule has 2 amide bonds. The van der Waals surface area contributed by atoms with E-state index < -0.39 is 0 Å². The van der Waals surface area contributed by atoms with Crippen molar-refractivity contribution in [1.29, 1.82) is 0 Å². The summed E-state index contributed by atoms with van der Waals surface area (Å²) in [5, 5.41) is 2.86. The van der Waals surface area contributed by atoms with E-state index in [0.717, 1.165) is 22.6 Å². The number of benzene rings is 2. The van der Waals surface area contributed by atoms with Crippen molar-refractivity contribution in [3.8, 4) is 11.5 Å². The predicted molar refractivity (Wildman–Crippen MR) is 104 cm³/mol. The molecule has 1 N–H and O–H groups in total. The van der Waals surface area contributed by atoms with E-state index in [2.05, 4.69) is 5.32 Å². The van der Waals surface area contributed by atoms with Crippen molar-refractivity contribution in [2.75, 3.05) is 27.3 Å². The highest BCUT2D eigenvalue weighted by molar-refractivity contribution is 5.83. The van der Waals surface area contributed by atoms with Gasteiger partial charge >= 0.3 is 0 Å². The average Bonchev–Trinajstić information content (AvgIpc) is 2.68. The molecule has 2 aromatic rings. The molecule has 6 nitrogen and oxygen atoms in total. The van der Waals surface area contributed by atoms with E-state index in [1.807, 2.05) is 48.5 Å². The minimum atomic E-state index is -0.186. The summed E-state index contributed by atoms with van der Waals surface area (Å²) in [6, 6.07) is 15.1. The van der Waals surface area contributed by atoms with Crippen LogP contribution in [0.2, 0.25) is 0 Å². The van der Waals surface area contributed by atoms with Crippen LogP contribution in [-0.4, -0.2) is 44.0 Å². The Morgan fingerprint density at radius 3 is 2.33 bits per heavy atom.